The molecule has 2 aromatic carbocycles. The maximum atomic E-state index is 12.2. The van der Waals surface area contributed by atoms with Gasteiger partial charge in [-0.2, -0.15) is 0 Å². The van der Waals surface area contributed by atoms with Gasteiger partial charge in [-0.05, 0) is 88.8 Å². The number of piperidine rings is 1. The van der Waals surface area contributed by atoms with Gasteiger partial charge in [-0.1, -0.05) is 59.6 Å². The molecule has 1 atom stereocenters. The minimum atomic E-state index is -0.522. The first-order valence-electron chi connectivity index (χ1n) is 11.4. The van der Waals surface area contributed by atoms with Crippen molar-refractivity contribution >= 4 is 29.3 Å². The quantitative estimate of drug-likeness (QED) is 0.473. The van der Waals surface area contributed by atoms with E-state index < -0.39 is 11.7 Å². The van der Waals surface area contributed by atoms with Crippen molar-refractivity contribution in [3.63, 3.8) is 0 Å². The molecule has 1 aliphatic heterocycles. The highest BCUT2D eigenvalue weighted by molar-refractivity contribution is 6.42. The second-order valence-corrected chi connectivity index (χ2v) is 10.4. The molecule has 1 N–H and O–H groups in total. The van der Waals surface area contributed by atoms with E-state index in [2.05, 4.69) is 40.5 Å². The Morgan fingerprint density at radius 3 is 2.41 bits per heavy atom. The molecule has 32 heavy (non-hydrogen) atoms. The smallest absolute Gasteiger partial charge is 0.407 e. The van der Waals surface area contributed by atoms with E-state index in [0.717, 1.165) is 31.6 Å². The summed E-state index contributed by atoms with van der Waals surface area (Å²) in [6.45, 7) is 9.24. The van der Waals surface area contributed by atoms with Crippen LogP contribution in [0.4, 0.5) is 4.79 Å². The fourth-order valence-corrected chi connectivity index (χ4v) is 4.53. The second kappa shape index (κ2) is 11.4. The first-order chi connectivity index (χ1) is 15.2. The molecular weight excluding hydrogens is 443 g/mol. The van der Waals surface area contributed by atoms with Crippen molar-refractivity contribution in [1.29, 1.82) is 0 Å². The van der Waals surface area contributed by atoms with Gasteiger partial charge in [-0.25, -0.2) is 4.79 Å². The van der Waals surface area contributed by atoms with Crippen LogP contribution in [0.3, 0.4) is 0 Å². The van der Waals surface area contributed by atoms with Crippen molar-refractivity contribution in [2.24, 2.45) is 0 Å². The molecule has 1 fully saturated rings. The predicted molar refractivity (Wildman–Crippen MR) is 133 cm³/mol. The topological polar surface area (TPSA) is 41.6 Å². The van der Waals surface area contributed by atoms with Crippen LogP contribution in [-0.2, 0) is 4.74 Å². The number of benzene rings is 2. The maximum absolute atomic E-state index is 12.2. The highest BCUT2D eigenvalue weighted by Gasteiger charge is 2.23. The van der Waals surface area contributed by atoms with E-state index in [4.69, 9.17) is 27.9 Å². The summed E-state index contributed by atoms with van der Waals surface area (Å²) < 4.78 is 5.41. The maximum Gasteiger partial charge on any atom is 0.407 e. The number of amides is 1. The van der Waals surface area contributed by atoms with E-state index in [-0.39, 0.29) is 5.92 Å². The third kappa shape index (κ3) is 7.68. The first kappa shape index (κ1) is 24.9. The van der Waals surface area contributed by atoms with Crippen molar-refractivity contribution < 1.29 is 9.53 Å². The first-order valence-corrected chi connectivity index (χ1v) is 12.2. The lowest BCUT2D eigenvalue weighted by Gasteiger charge is -2.33. The molecule has 1 saturated heterocycles. The number of nitrogens with one attached hydrogen (secondary N) is 1. The Morgan fingerprint density at radius 2 is 1.78 bits per heavy atom. The molecule has 0 spiro atoms. The Bertz CT molecular complexity index is 875. The Kier molecular flexibility index (Phi) is 8.87. The van der Waals surface area contributed by atoms with Crippen LogP contribution in [0.15, 0.2) is 48.5 Å². The van der Waals surface area contributed by atoms with E-state index in [9.17, 15) is 4.79 Å². The summed E-state index contributed by atoms with van der Waals surface area (Å²) >= 11 is 12.4. The van der Waals surface area contributed by atoms with Crippen molar-refractivity contribution in [2.45, 2.75) is 57.5 Å². The molecule has 0 saturated carbocycles. The third-order valence-electron chi connectivity index (χ3n) is 5.96. The number of hydrogen-bond donors (Lipinski definition) is 1. The van der Waals surface area contributed by atoms with E-state index in [1.54, 1.807) is 0 Å². The molecule has 0 aromatic heterocycles. The molecule has 2 aromatic rings. The number of carbonyl (C=O) groups excluding carboxylic acids is 1. The molecule has 0 radical (unpaired) electrons. The van der Waals surface area contributed by atoms with Crippen molar-refractivity contribution in [3.8, 4) is 0 Å². The molecule has 6 heteroatoms. The summed E-state index contributed by atoms with van der Waals surface area (Å²) in [6, 6.07) is 16.5. The van der Waals surface area contributed by atoms with Gasteiger partial charge in [0.15, 0.2) is 0 Å². The average molecular weight is 477 g/mol. The number of hydrogen-bond acceptors (Lipinski definition) is 3. The van der Waals surface area contributed by atoms with E-state index in [1.165, 1.54) is 18.4 Å². The summed E-state index contributed by atoms with van der Waals surface area (Å²) in [5.41, 5.74) is 2.00. The van der Waals surface area contributed by atoms with Gasteiger partial charge in [0.05, 0.1) is 10.0 Å². The van der Waals surface area contributed by atoms with Crippen LogP contribution < -0.4 is 5.32 Å². The molecule has 4 nitrogen and oxygen atoms in total. The fraction of sp³-hybridized carbons (Fsp3) is 0.500. The molecule has 3 rings (SSSR count). The number of alkyl carbamates (subject to hydrolysis) is 1. The van der Waals surface area contributed by atoms with Gasteiger partial charge in [0, 0.05) is 12.5 Å². The van der Waals surface area contributed by atoms with Crippen LogP contribution in [0.2, 0.25) is 10.0 Å². The van der Waals surface area contributed by atoms with Crippen LogP contribution >= 0.6 is 23.2 Å². The summed E-state index contributed by atoms with van der Waals surface area (Å²) in [5, 5.41) is 4.01. The lowest BCUT2D eigenvalue weighted by molar-refractivity contribution is 0.0523. The SMILES string of the molecule is CC(C)(C)OC(=O)NCC(CCN1CCC(c2ccccc2)CC1)c1ccc(Cl)c(Cl)c1. The number of halogens is 2. The molecule has 0 bridgehead atoms. The van der Waals surface area contributed by atoms with Gasteiger partial charge in [0.25, 0.3) is 0 Å². The van der Waals surface area contributed by atoms with Gasteiger partial charge in [0.1, 0.15) is 5.60 Å². The molecule has 0 aliphatic carbocycles. The minimum absolute atomic E-state index is 0.129. The van der Waals surface area contributed by atoms with E-state index >= 15 is 0 Å². The zero-order chi connectivity index (χ0) is 23.1. The zero-order valence-corrected chi connectivity index (χ0v) is 20.8. The molecule has 174 valence electrons. The largest absolute Gasteiger partial charge is 0.444 e. The van der Waals surface area contributed by atoms with Crippen molar-refractivity contribution in [2.75, 3.05) is 26.2 Å². The van der Waals surface area contributed by atoms with Gasteiger partial charge >= 0.3 is 6.09 Å². The molecule has 1 aliphatic rings. The Morgan fingerprint density at radius 1 is 1.09 bits per heavy atom. The molecule has 1 unspecified atom stereocenters. The monoisotopic (exact) mass is 476 g/mol. The number of rotatable bonds is 7. The van der Waals surface area contributed by atoms with Crippen LogP contribution in [-0.4, -0.2) is 42.8 Å². The summed E-state index contributed by atoms with van der Waals surface area (Å²) in [6.07, 6.45) is 2.88. The predicted octanol–water partition coefficient (Wildman–Crippen LogP) is 6.87. The highest BCUT2D eigenvalue weighted by atomic mass is 35.5. The Hall–Kier alpha value is -1.75. The van der Waals surface area contributed by atoms with Crippen LogP contribution in [0.25, 0.3) is 0 Å². The minimum Gasteiger partial charge on any atom is -0.444 e. The summed E-state index contributed by atoms with van der Waals surface area (Å²) in [4.78, 5) is 14.7. The average Bonchev–Trinajstić information content (AvgIpc) is 2.76. The van der Waals surface area contributed by atoms with Crippen LogP contribution in [0, 0.1) is 0 Å². The fourth-order valence-electron chi connectivity index (χ4n) is 4.23. The molecule has 1 heterocycles. The molecular formula is C26H34Cl2N2O2. The van der Waals surface area contributed by atoms with E-state index in [0.29, 0.717) is 22.5 Å². The lowest BCUT2D eigenvalue weighted by atomic mass is 9.89. The second-order valence-electron chi connectivity index (χ2n) is 9.57. The number of likely N-dealkylation sites (tertiary alicyclic amines) is 1. The highest BCUT2D eigenvalue weighted by Crippen LogP contribution is 2.30. The van der Waals surface area contributed by atoms with Gasteiger partial charge in [-0.15, -0.1) is 0 Å². The normalized spacial score (nSPS) is 16.5. The van der Waals surface area contributed by atoms with Gasteiger partial charge in [0.2, 0.25) is 0 Å². The van der Waals surface area contributed by atoms with Crippen LogP contribution in [0.5, 0.6) is 0 Å². The summed E-state index contributed by atoms with van der Waals surface area (Å²) in [5.74, 6) is 0.774. The number of ether oxygens (including phenoxy) is 1. The lowest BCUT2D eigenvalue weighted by Crippen LogP contribution is -2.37. The van der Waals surface area contributed by atoms with E-state index in [1.807, 2.05) is 39.0 Å². The standard InChI is InChI=1S/C26H34Cl2N2O2/c1-26(2,3)32-25(31)29-18-22(21-9-10-23(27)24(28)17-21)13-16-30-14-11-20(12-15-30)19-7-5-4-6-8-19/h4-10,17,20,22H,11-16,18H2,1-3H3,(H,29,31). The molecule has 1 amide bonds. The van der Waals surface area contributed by atoms with Crippen LogP contribution in [0.1, 0.15) is 63.0 Å². The number of carbonyl (C=O) groups is 1. The Labute approximate surface area is 202 Å². The van der Waals surface area contributed by atoms with Gasteiger partial charge in [-0.3, -0.25) is 0 Å². The third-order valence-corrected chi connectivity index (χ3v) is 6.70. The van der Waals surface area contributed by atoms with Gasteiger partial charge < -0.3 is 15.0 Å². The zero-order valence-electron chi connectivity index (χ0n) is 19.2. The summed E-state index contributed by atoms with van der Waals surface area (Å²) in [7, 11) is 0. The van der Waals surface area contributed by atoms with Crippen molar-refractivity contribution in [3.05, 3.63) is 69.7 Å². The number of nitrogens with zero attached hydrogens (tertiary/aromatic N) is 1. The Balaban J connectivity index is 1.57. The van der Waals surface area contributed by atoms with Crippen molar-refractivity contribution in [1.82, 2.24) is 10.2 Å².